The fourth-order valence-corrected chi connectivity index (χ4v) is 4.24. The van der Waals surface area contributed by atoms with Crippen molar-refractivity contribution in [2.75, 3.05) is 48.7 Å². The first kappa shape index (κ1) is 24.2. The molecule has 1 aliphatic heterocycles. The Balaban J connectivity index is 1.41. The Morgan fingerprint density at radius 1 is 1.12 bits per heavy atom. The smallest absolute Gasteiger partial charge is 0.232 e. The topological polar surface area (TPSA) is 100 Å². The highest BCUT2D eigenvalue weighted by Gasteiger charge is 2.20. The molecule has 0 spiro atoms. The van der Waals surface area contributed by atoms with E-state index in [4.69, 9.17) is 9.47 Å². The number of aliphatic hydroxyl groups excluding tert-OH is 1. The SMILES string of the molecule is CCS(=O)(=O)Nc1cccc(N2CCC(NC[C@H](O)COc3cccc(OC)c3)CC2)c1. The minimum absolute atomic E-state index is 0.0464. The number of hydrogen-bond acceptors (Lipinski definition) is 7. The van der Waals surface area contributed by atoms with Crippen molar-refractivity contribution in [3.8, 4) is 11.5 Å². The van der Waals surface area contributed by atoms with Crippen molar-refractivity contribution in [3.63, 3.8) is 0 Å². The molecule has 2 aromatic rings. The highest BCUT2D eigenvalue weighted by atomic mass is 32.2. The molecule has 0 bridgehead atoms. The molecule has 8 nitrogen and oxygen atoms in total. The predicted octanol–water partition coefficient (Wildman–Crippen LogP) is 2.46. The molecular formula is C23H33N3O5S. The molecule has 0 unspecified atom stereocenters. The maximum Gasteiger partial charge on any atom is 0.232 e. The Bertz CT molecular complexity index is 962. The zero-order valence-corrected chi connectivity index (χ0v) is 19.5. The normalized spacial score (nSPS) is 15.9. The molecule has 176 valence electrons. The van der Waals surface area contributed by atoms with Crippen LogP contribution in [0.5, 0.6) is 11.5 Å². The molecule has 1 aliphatic rings. The Hall–Kier alpha value is -2.49. The van der Waals surface area contributed by atoms with Crippen LogP contribution in [0.4, 0.5) is 11.4 Å². The van der Waals surface area contributed by atoms with E-state index in [1.54, 1.807) is 26.2 Å². The molecule has 1 saturated heterocycles. The van der Waals surface area contributed by atoms with Gasteiger partial charge in [0, 0.05) is 37.4 Å². The number of hydrogen-bond donors (Lipinski definition) is 3. The van der Waals surface area contributed by atoms with Crippen molar-refractivity contribution < 1.29 is 23.0 Å². The summed E-state index contributed by atoms with van der Waals surface area (Å²) in [6, 6.07) is 15.1. The molecular weight excluding hydrogens is 430 g/mol. The second-order valence-electron chi connectivity index (χ2n) is 7.87. The number of nitrogens with zero attached hydrogens (tertiary/aromatic N) is 1. The quantitative estimate of drug-likeness (QED) is 0.471. The van der Waals surface area contributed by atoms with Crippen molar-refractivity contribution in [1.29, 1.82) is 0 Å². The molecule has 1 atom stereocenters. The number of nitrogens with one attached hydrogen (secondary N) is 2. The molecule has 32 heavy (non-hydrogen) atoms. The van der Waals surface area contributed by atoms with Gasteiger partial charge in [-0.1, -0.05) is 12.1 Å². The maximum atomic E-state index is 11.8. The summed E-state index contributed by atoms with van der Waals surface area (Å²) in [4.78, 5) is 2.25. The van der Waals surface area contributed by atoms with Crippen molar-refractivity contribution >= 4 is 21.4 Å². The molecule has 3 rings (SSSR count). The molecule has 9 heteroatoms. The van der Waals surface area contributed by atoms with Gasteiger partial charge in [-0.05, 0) is 50.1 Å². The third-order valence-corrected chi connectivity index (χ3v) is 6.79. The zero-order chi connectivity index (χ0) is 23.0. The summed E-state index contributed by atoms with van der Waals surface area (Å²) >= 11 is 0. The minimum atomic E-state index is -3.29. The number of ether oxygens (including phenoxy) is 2. The van der Waals surface area contributed by atoms with Crippen molar-refractivity contribution in [1.82, 2.24) is 5.32 Å². The molecule has 3 N–H and O–H groups in total. The standard InChI is InChI=1S/C23H33N3O5S/c1-3-32(28,29)25-19-6-4-7-20(14-19)26-12-10-18(11-13-26)24-16-21(27)17-31-23-9-5-8-22(15-23)30-2/h4-9,14-15,18,21,24-25,27H,3,10-13,16-17H2,1-2H3/t21-/m0/s1. The maximum absolute atomic E-state index is 11.8. The van der Waals surface area contributed by atoms with Crippen LogP contribution >= 0.6 is 0 Å². The van der Waals surface area contributed by atoms with Gasteiger partial charge in [0.1, 0.15) is 24.2 Å². The van der Waals surface area contributed by atoms with Gasteiger partial charge in [-0.3, -0.25) is 4.72 Å². The van der Waals surface area contributed by atoms with E-state index in [0.717, 1.165) is 37.4 Å². The van der Waals surface area contributed by atoms with E-state index in [9.17, 15) is 13.5 Å². The van der Waals surface area contributed by atoms with Crippen LogP contribution in [-0.4, -0.2) is 64.8 Å². The number of benzene rings is 2. The lowest BCUT2D eigenvalue weighted by Gasteiger charge is -2.34. The molecule has 1 heterocycles. The summed E-state index contributed by atoms with van der Waals surface area (Å²) in [5, 5.41) is 13.7. The Labute approximate surface area is 190 Å². The third-order valence-electron chi connectivity index (χ3n) is 5.49. The Morgan fingerprint density at radius 3 is 2.56 bits per heavy atom. The number of sulfonamides is 1. The van der Waals surface area contributed by atoms with Crippen LogP contribution < -0.4 is 24.4 Å². The summed E-state index contributed by atoms with van der Waals surface area (Å²) in [5.41, 5.74) is 1.59. The monoisotopic (exact) mass is 463 g/mol. The van der Waals surface area contributed by atoms with Crippen LogP contribution in [0.2, 0.25) is 0 Å². The first-order chi connectivity index (χ1) is 15.4. The van der Waals surface area contributed by atoms with E-state index in [1.807, 2.05) is 36.4 Å². The number of anilines is 2. The lowest BCUT2D eigenvalue weighted by atomic mass is 10.0. The Morgan fingerprint density at radius 2 is 1.84 bits per heavy atom. The van der Waals surface area contributed by atoms with Gasteiger partial charge in [0.25, 0.3) is 0 Å². The van der Waals surface area contributed by atoms with E-state index in [1.165, 1.54) is 0 Å². The molecule has 1 fully saturated rings. The molecule has 0 aliphatic carbocycles. The predicted molar refractivity (Wildman–Crippen MR) is 127 cm³/mol. The summed E-state index contributed by atoms with van der Waals surface area (Å²) in [7, 11) is -1.68. The number of rotatable bonds is 11. The van der Waals surface area contributed by atoms with Crippen LogP contribution in [0.3, 0.4) is 0 Å². The fraction of sp³-hybridized carbons (Fsp3) is 0.478. The van der Waals surface area contributed by atoms with Crippen molar-refractivity contribution in [2.24, 2.45) is 0 Å². The van der Waals surface area contributed by atoms with E-state index >= 15 is 0 Å². The number of piperidine rings is 1. The molecule has 0 aromatic heterocycles. The average Bonchev–Trinajstić information content (AvgIpc) is 2.82. The van der Waals surface area contributed by atoms with Gasteiger partial charge < -0.3 is 24.8 Å². The number of methoxy groups -OCH3 is 1. The van der Waals surface area contributed by atoms with Crippen molar-refractivity contribution in [3.05, 3.63) is 48.5 Å². The highest BCUT2D eigenvalue weighted by molar-refractivity contribution is 7.92. The fourth-order valence-electron chi connectivity index (χ4n) is 3.60. The first-order valence-corrected chi connectivity index (χ1v) is 12.6. The van der Waals surface area contributed by atoms with Gasteiger partial charge in [0.2, 0.25) is 10.0 Å². The lowest BCUT2D eigenvalue weighted by molar-refractivity contribution is 0.102. The summed E-state index contributed by atoms with van der Waals surface area (Å²) < 4.78 is 37.1. The number of aliphatic hydroxyl groups is 1. The van der Waals surface area contributed by atoms with E-state index in [2.05, 4.69) is 14.9 Å². The first-order valence-electron chi connectivity index (χ1n) is 10.9. The van der Waals surface area contributed by atoms with Gasteiger partial charge in [-0.25, -0.2) is 8.42 Å². The minimum Gasteiger partial charge on any atom is -0.497 e. The van der Waals surface area contributed by atoms with Crippen molar-refractivity contribution in [2.45, 2.75) is 31.9 Å². The van der Waals surface area contributed by atoms with Crippen LogP contribution in [0.1, 0.15) is 19.8 Å². The van der Waals surface area contributed by atoms with Crippen LogP contribution in [0, 0.1) is 0 Å². The van der Waals surface area contributed by atoms with Crippen LogP contribution in [-0.2, 0) is 10.0 Å². The molecule has 0 saturated carbocycles. The van der Waals surface area contributed by atoms with Crippen LogP contribution in [0.15, 0.2) is 48.5 Å². The molecule has 0 amide bonds. The van der Waals surface area contributed by atoms with E-state index in [-0.39, 0.29) is 12.4 Å². The van der Waals surface area contributed by atoms with E-state index in [0.29, 0.717) is 24.0 Å². The summed E-state index contributed by atoms with van der Waals surface area (Å²) in [5.74, 6) is 1.43. The van der Waals surface area contributed by atoms with Gasteiger partial charge in [-0.15, -0.1) is 0 Å². The van der Waals surface area contributed by atoms with Crippen LogP contribution in [0.25, 0.3) is 0 Å². The second kappa shape index (κ2) is 11.4. The average molecular weight is 464 g/mol. The van der Waals surface area contributed by atoms with Gasteiger partial charge in [-0.2, -0.15) is 0 Å². The second-order valence-corrected chi connectivity index (χ2v) is 9.88. The summed E-state index contributed by atoms with van der Waals surface area (Å²) in [6.45, 7) is 4.00. The van der Waals surface area contributed by atoms with E-state index < -0.39 is 16.1 Å². The van der Waals surface area contributed by atoms with Gasteiger partial charge in [0.05, 0.1) is 18.6 Å². The third kappa shape index (κ3) is 7.29. The summed E-state index contributed by atoms with van der Waals surface area (Å²) in [6.07, 6.45) is 1.27. The van der Waals surface area contributed by atoms with Gasteiger partial charge in [0.15, 0.2) is 0 Å². The molecule has 2 aromatic carbocycles. The lowest BCUT2D eigenvalue weighted by Crippen LogP contribution is -2.45. The Kier molecular flexibility index (Phi) is 8.60. The zero-order valence-electron chi connectivity index (χ0n) is 18.7. The van der Waals surface area contributed by atoms with Gasteiger partial charge >= 0.3 is 0 Å². The largest absolute Gasteiger partial charge is 0.497 e. The highest BCUT2D eigenvalue weighted by Crippen LogP contribution is 2.24. The molecule has 0 radical (unpaired) electrons.